The molecule has 1 fully saturated rings. The monoisotopic (exact) mass is 395 g/mol. The number of ether oxygens (including phenoxy) is 1. The number of rotatable bonds is 1. The van der Waals surface area contributed by atoms with Crippen LogP contribution in [-0.4, -0.2) is 38.5 Å². The van der Waals surface area contributed by atoms with Gasteiger partial charge in [0.15, 0.2) is 0 Å². The van der Waals surface area contributed by atoms with Crippen molar-refractivity contribution in [2.45, 2.75) is 8.35 Å². The molecule has 12 heavy (non-hydrogen) atoms. The fraction of sp³-hybridized carbons (Fsp3) is 0.857. The van der Waals surface area contributed by atoms with E-state index in [2.05, 4.69) is 45.2 Å². The zero-order valence-corrected chi connectivity index (χ0v) is 11.2. The Hall–Kier alpha value is 0.890. The quantitative estimate of drug-likeness (QED) is 0.497. The highest BCUT2D eigenvalue weighted by Gasteiger charge is 2.31. The number of carbonyl (C=O) groups is 1. The predicted molar refractivity (Wildman–Crippen MR) is 63.8 cm³/mol. The van der Waals surface area contributed by atoms with Crippen LogP contribution < -0.4 is 0 Å². The number of morpholine rings is 1. The molecule has 70 valence electrons. The lowest BCUT2D eigenvalue weighted by Gasteiger charge is -2.30. The Morgan fingerprint density at radius 3 is 2.33 bits per heavy atom. The van der Waals surface area contributed by atoms with Crippen LogP contribution in [0.4, 0.5) is 0 Å². The zero-order valence-electron chi connectivity index (χ0n) is 6.85. The molecule has 0 bridgehead atoms. The van der Waals surface area contributed by atoms with Gasteiger partial charge in [-0.25, -0.2) is 0 Å². The maximum Gasteiger partial charge on any atom is 0.248 e. The van der Waals surface area contributed by atoms with Crippen LogP contribution in [0, 0.1) is 0 Å². The van der Waals surface area contributed by atoms with Gasteiger partial charge >= 0.3 is 0 Å². The highest BCUT2D eigenvalue weighted by Crippen LogP contribution is 2.29. The fourth-order valence-corrected chi connectivity index (χ4v) is 1.73. The number of halogens is 2. The second-order valence-electron chi connectivity index (χ2n) is 2.79. The van der Waals surface area contributed by atoms with Gasteiger partial charge in [0.1, 0.15) is 1.43 Å². The van der Waals surface area contributed by atoms with Crippen LogP contribution in [0.1, 0.15) is 6.92 Å². The van der Waals surface area contributed by atoms with Crippen LogP contribution in [0.25, 0.3) is 0 Å². The Bertz CT molecular complexity index is 173. The first-order chi connectivity index (χ1) is 5.52. The van der Waals surface area contributed by atoms with Gasteiger partial charge in [0.25, 0.3) is 0 Å². The molecule has 0 aromatic carbocycles. The first-order valence-electron chi connectivity index (χ1n) is 3.77. The molecule has 0 atom stereocenters. The van der Waals surface area contributed by atoms with Gasteiger partial charge in [0.05, 0.1) is 13.2 Å². The van der Waals surface area contributed by atoms with Gasteiger partial charge in [-0.15, -0.1) is 0 Å². The Kier molecular flexibility index (Phi) is 4.03. The molecule has 1 aliphatic heterocycles. The van der Waals surface area contributed by atoms with Crippen molar-refractivity contribution in [3.8, 4) is 0 Å². The minimum Gasteiger partial charge on any atom is -0.378 e. The molecule has 1 amide bonds. The minimum atomic E-state index is -0.313. The standard InChI is InChI=1S/C7H11I2NO2/c1-7(8,9)6(11)10-2-4-12-5-3-10/h2-5H2,1H3. The maximum atomic E-state index is 11.7. The van der Waals surface area contributed by atoms with E-state index < -0.39 is 0 Å². The lowest BCUT2D eigenvalue weighted by Crippen LogP contribution is -2.46. The second-order valence-corrected chi connectivity index (χ2v) is 9.17. The van der Waals surface area contributed by atoms with E-state index in [1.165, 1.54) is 0 Å². The van der Waals surface area contributed by atoms with Crippen LogP contribution in [0.3, 0.4) is 0 Å². The maximum absolute atomic E-state index is 11.7. The first-order valence-corrected chi connectivity index (χ1v) is 5.92. The zero-order chi connectivity index (χ0) is 9.19. The molecule has 0 saturated carbocycles. The van der Waals surface area contributed by atoms with E-state index >= 15 is 0 Å². The van der Waals surface area contributed by atoms with Crippen LogP contribution in [0.5, 0.6) is 0 Å². The van der Waals surface area contributed by atoms with Crippen molar-refractivity contribution in [2.24, 2.45) is 0 Å². The summed E-state index contributed by atoms with van der Waals surface area (Å²) in [6, 6.07) is 0. The molecule has 1 saturated heterocycles. The molecule has 1 heterocycles. The third-order valence-electron chi connectivity index (χ3n) is 1.67. The highest BCUT2D eigenvalue weighted by molar-refractivity contribution is 14.2. The van der Waals surface area contributed by atoms with E-state index in [1.807, 2.05) is 11.8 Å². The van der Waals surface area contributed by atoms with Crippen LogP contribution in [0.15, 0.2) is 0 Å². The average Bonchev–Trinajstić information content (AvgIpc) is 2.03. The molecule has 1 aliphatic rings. The SMILES string of the molecule is CC(I)(I)C(=O)N1CCOCC1. The molecule has 5 heteroatoms. The number of carbonyl (C=O) groups excluding carboxylic acids is 1. The second kappa shape index (κ2) is 4.41. The number of alkyl halides is 2. The molecule has 1 rings (SSSR count). The lowest BCUT2D eigenvalue weighted by atomic mass is 10.3. The third-order valence-corrected chi connectivity index (χ3v) is 2.60. The van der Waals surface area contributed by atoms with Gasteiger partial charge in [0.2, 0.25) is 5.91 Å². The summed E-state index contributed by atoms with van der Waals surface area (Å²) in [6.45, 7) is 4.75. The Labute approximate surface area is 99.5 Å². The number of hydrogen-bond donors (Lipinski definition) is 0. The van der Waals surface area contributed by atoms with Crippen molar-refractivity contribution < 1.29 is 9.53 Å². The number of amides is 1. The Balaban J connectivity index is 2.51. The average molecular weight is 395 g/mol. The minimum absolute atomic E-state index is 0.201. The smallest absolute Gasteiger partial charge is 0.248 e. The molecule has 0 aromatic rings. The van der Waals surface area contributed by atoms with Crippen LogP contribution >= 0.6 is 45.2 Å². The predicted octanol–water partition coefficient (Wildman–Crippen LogP) is 1.43. The van der Waals surface area contributed by atoms with E-state index in [0.717, 1.165) is 13.1 Å². The summed E-state index contributed by atoms with van der Waals surface area (Å²) >= 11 is 4.32. The third kappa shape index (κ3) is 2.99. The summed E-state index contributed by atoms with van der Waals surface area (Å²) in [5, 5.41) is 0. The van der Waals surface area contributed by atoms with Crippen molar-refractivity contribution in [2.75, 3.05) is 26.3 Å². The largest absolute Gasteiger partial charge is 0.378 e. The molecule has 0 aromatic heterocycles. The number of hydrogen-bond acceptors (Lipinski definition) is 2. The molecular formula is C7H11I2NO2. The van der Waals surface area contributed by atoms with Gasteiger partial charge < -0.3 is 9.64 Å². The summed E-state index contributed by atoms with van der Waals surface area (Å²) in [7, 11) is 0. The summed E-state index contributed by atoms with van der Waals surface area (Å²) in [5.41, 5.74) is 0. The van der Waals surface area contributed by atoms with Gasteiger partial charge in [0, 0.05) is 13.1 Å². The van der Waals surface area contributed by atoms with Crippen molar-refractivity contribution in [1.29, 1.82) is 0 Å². The molecule has 3 nitrogen and oxygen atoms in total. The molecular weight excluding hydrogens is 384 g/mol. The van der Waals surface area contributed by atoms with Crippen molar-refractivity contribution in [3.63, 3.8) is 0 Å². The summed E-state index contributed by atoms with van der Waals surface area (Å²) in [5.74, 6) is 0.201. The van der Waals surface area contributed by atoms with E-state index in [0.29, 0.717) is 13.2 Å². The Morgan fingerprint density at radius 1 is 1.42 bits per heavy atom. The van der Waals surface area contributed by atoms with Gasteiger partial charge in [-0.2, -0.15) is 0 Å². The van der Waals surface area contributed by atoms with Gasteiger partial charge in [-0.05, 0) is 6.92 Å². The van der Waals surface area contributed by atoms with E-state index in [4.69, 9.17) is 4.74 Å². The van der Waals surface area contributed by atoms with Crippen LogP contribution in [-0.2, 0) is 9.53 Å². The first kappa shape index (κ1) is 11.0. The lowest BCUT2D eigenvalue weighted by molar-refractivity contribution is -0.134. The molecule has 0 spiro atoms. The van der Waals surface area contributed by atoms with Gasteiger partial charge in [-0.1, -0.05) is 45.2 Å². The summed E-state index contributed by atoms with van der Waals surface area (Å²) < 4.78 is 4.85. The van der Waals surface area contributed by atoms with Gasteiger partial charge in [-0.3, -0.25) is 4.79 Å². The van der Waals surface area contributed by atoms with E-state index in [-0.39, 0.29) is 7.34 Å². The van der Waals surface area contributed by atoms with E-state index in [9.17, 15) is 4.79 Å². The summed E-state index contributed by atoms with van der Waals surface area (Å²) in [4.78, 5) is 13.5. The number of nitrogens with zero attached hydrogens (tertiary/aromatic N) is 1. The van der Waals surface area contributed by atoms with E-state index in [1.54, 1.807) is 0 Å². The molecule has 0 unspecified atom stereocenters. The fourth-order valence-electron chi connectivity index (χ4n) is 1.04. The molecule has 0 N–H and O–H groups in total. The Morgan fingerprint density at radius 2 is 1.92 bits per heavy atom. The van der Waals surface area contributed by atoms with Crippen molar-refractivity contribution >= 4 is 51.1 Å². The normalized spacial score (nSPS) is 19.4. The topological polar surface area (TPSA) is 29.5 Å². The summed E-state index contributed by atoms with van der Waals surface area (Å²) in [6.07, 6.45) is 0. The molecule has 0 aliphatic carbocycles. The van der Waals surface area contributed by atoms with Crippen molar-refractivity contribution in [1.82, 2.24) is 4.90 Å². The highest BCUT2D eigenvalue weighted by atomic mass is 127. The molecule has 0 radical (unpaired) electrons. The van der Waals surface area contributed by atoms with Crippen LogP contribution in [0.2, 0.25) is 0 Å². The van der Waals surface area contributed by atoms with Crippen molar-refractivity contribution in [3.05, 3.63) is 0 Å².